The smallest absolute Gasteiger partial charge is 0.317 e. The van der Waals surface area contributed by atoms with Crippen LogP contribution < -0.4 is 5.32 Å². The molecule has 3 rings (SSSR count). The average molecular weight is 338 g/mol. The van der Waals surface area contributed by atoms with Crippen LogP contribution in [-0.2, 0) is 11.3 Å². The Bertz CT molecular complexity index is 844. The third kappa shape index (κ3) is 3.69. The molecule has 0 atom stereocenters. The highest BCUT2D eigenvalue weighted by Gasteiger charge is 2.11. The Morgan fingerprint density at radius 1 is 1.12 bits per heavy atom. The van der Waals surface area contributed by atoms with E-state index in [9.17, 15) is 4.79 Å². The molecule has 0 aliphatic rings. The van der Waals surface area contributed by atoms with E-state index in [1.807, 2.05) is 24.4 Å². The molecule has 2 aromatic carbocycles. The van der Waals surface area contributed by atoms with Crippen molar-refractivity contribution < 1.29 is 9.90 Å². The van der Waals surface area contributed by atoms with Gasteiger partial charge in [-0.3, -0.25) is 4.79 Å². The summed E-state index contributed by atoms with van der Waals surface area (Å²) in [5.41, 5.74) is 4.71. The van der Waals surface area contributed by atoms with Crippen LogP contribution in [0, 0.1) is 6.92 Å². The summed E-state index contributed by atoms with van der Waals surface area (Å²) in [5.74, 6) is -0.855. The molecule has 2 N–H and O–H groups in total. The lowest BCUT2D eigenvalue weighted by atomic mass is 9.97. The van der Waals surface area contributed by atoms with Gasteiger partial charge in [-0.25, -0.2) is 4.98 Å². The van der Waals surface area contributed by atoms with Gasteiger partial charge in [0, 0.05) is 23.2 Å². The fraction of sp³-hybridized carbons (Fsp3) is 0.158. The third-order valence-electron chi connectivity index (χ3n) is 3.78. The lowest BCUT2D eigenvalue weighted by Gasteiger charge is -2.09. The SMILES string of the molecule is Cc1c(-c2ccccc2)cccc1-c1ncc(CNCC(=O)O)s1. The van der Waals surface area contributed by atoms with Crippen LogP contribution in [0.2, 0.25) is 0 Å². The molecule has 0 amide bonds. The highest BCUT2D eigenvalue weighted by atomic mass is 32.1. The van der Waals surface area contributed by atoms with Crippen LogP contribution in [0.1, 0.15) is 10.4 Å². The Kier molecular flexibility index (Phi) is 5.03. The summed E-state index contributed by atoms with van der Waals surface area (Å²) in [4.78, 5) is 16.1. The maximum absolute atomic E-state index is 10.6. The molecule has 4 nitrogen and oxygen atoms in total. The van der Waals surface area contributed by atoms with Crippen molar-refractivity contribution in [3.8, 4) is 21.7 Å². The summed E-state index contributed by atoms with van der Waals surface area (Å²) in [5, 5.41) is 12.5. The molecule has 0 aliphatic heterocycles. The second-order valence-electron chi connectivity index (χ2n) is 5.47. The summed E-state index contributed by atoms with van der Waals surface area (Å²) in [6.45, 7) is 2.58. The fourth-order valence-electron chi connectivity index (χ4n) is 2.60. The number of rotatable bonds is 6. The normalized spacial score (nSPS) is 10.7. The predicted octanol–water partition coefficient (Wildman–Crippen LogP) is 3.96. The fourth-order valence-corrected chi connectivity index (χ4v) is 3.57. The van der Waals surface area contributed by atoms with E-state index in [4.69, 9.17) is 5.11 Å². The molecule has 1 aromatic heterocycles. The van der Waals surface area contributed by atoms with Crippen molar-refractivity contribution in [2.24, 2.45) is 0 Å². The van der Waals surface area contributed by atoms with E-state index in [0.29, 0.717) is 6.54 Å². The van der Waals surface area contributed by atoms with Gasteiger partial charge in [0.05, 0.1) is 6.54 Å². The number of aromatic nitrogens is 1. The van der Waals surface area contributed by atoms with Gasteiger partial charge in [-0.1, -0.05) is 48.5 Å². The Labute approximate surface area is 144 Å². The van der Waals surface area contributed by atoms with Crippen molar-refractivity contribution >= 4 is 17.3 Å². The zero-order chi connectivity index (χ0) is 16.9. The number of hydrogen-bond donors (Lipinski definition) is 2. The number of hydrogen-bond acceptors (Lipinski definition) is 4. The van der Waals surface area contributed by atoms with Crippen LogP contribution in [-0.4, -0.2) is 22.6 Å². The number of nitrogens with zero attached hydrogens (tertiary/aromatic N) is 1. The van der Waals surface area contributed by atoms with Gasteiger partial charge in [0.15, 0.2) is 0 Å². The third-order valence-corrected chi connectivity index (χ3v) is 4.81. The number of carboxylic acid groups (broad SMARTS) is 1. The van der Waals surface area contributed by atoms with Crippen molar-refractivity contribution in [1.82, 2.24) is 10.3 Å². The zero-order valence-corrected chi connectivity index (χ0v) is 14.1. The van der Waals surface area contributed by atoms with E-state index < -0.39 is 5.97 Å². The molecule has 122 valence electrons. The number of nitrogens with one attached hydrogen (secondary N) is 1. The molecule has 0 aliphatic carbocycles. The molecule has 0 bridgehead atoms. The summed E-state index contributed by atoms with van der Waals surface area (Å²) in [6.07, 6.45) is 1.81. The van der Waals surface area contributed by atoms with E-state index in [1.165, 1.54) is 16.7 Å². The molecule has 24 heavy (non-hydrogen) atoms. The van der Waals surface area contributed by atoms with Gasteiger partial charge in [-0.15, -0.1) is 11.3 Å². The topological polar surface area (TPSA) is 62.2 Å². The lowest BCUT2D eigenvalue weighted by Crippen LogP contribution is -2.21. The molecule has 0 saturated carbocycles. The molecular weight excluding hydrogens is 320 g/mol. The maximum Gasteiger partial charge on any atom is 0.317 e. The van der Waals surface area contributed by atoms with Gasteiger partial charge >= 0.3 is 5.97 Å². The summed E-state index contributed by atoms with van der Waals surface area (Å²) in [6, 6.07) is 16.6. The molecule has 0 saturated heterocycles. The summed E-state index contributed by atoms with van der Waals surface area (Å²) in [7, 11) is 0. The standard InChI is InChI=1S/C19H18N2O2S/c1-13-16(14-6-3-2-4-7-14)8-5-9-17(13)19-21-11-15(24-19)10-20-12-18(22)23/h2-9,11,20H,10,12H2,1H3,(H,22,23). The first kappa shape index (κ1) is 16.4. The van der Waals surface area contributed by atoms with E-state index in [0.717, 1.165) is 15.4 Å². The van der Waals surface area contributed by atoms with Gasteiger partial charge < -0.3 is 10.4 Å². The first-order chi connectivity index (χ1) is 11.6. The number of thiazole rings is 1. The number of aliphatic carboxylic acids is 1. The van der Waals surface area contributed by atoms with E-state index in [-0.39, 0.29) is 6.54 Å². The van der Waals surface area contributed by atoms with Crippen LogP contribution in [0.5, 0.6) is 0 Å². The Hall–Kier alpha value is -2.50. The van der Waals surface area contributed by atoms with Gasteiger partial charge in [-0.05, 0) is 23.6 Å². The second kappa shape index (κ2) is 7.38. The lowest BCUT2D eigenvalue weighted by molar-refractivity contribution is -0.135. The monoisotopic (exact) mass is 338 g/mol. The second-order valence-corrected chi connectivity index (χ2v) is 6.59. The molecule has 5 heteroatoms. The van der Waals surface area contributed by atoms with E-state index >= 15 is 0 Å². The Morgan fingerprint density at radius 3 is 2.62 bits per heavy atom. The van der Waals surface area contributed by atoms with Crippen LogP contribution in [0.15, 0.2) is 54.7 Å². The van der Waals surface area contributed by atoms with Gasteiger partial charge in [0.25, 0.3) is 0 Å². The van der Waals surface area contributed by atoms with Gasteiger partial charge in [0.1, 0.15) is 5.01 Å². The molecule has 0 spiro atoms. The van der Waals surface area contributed by atoms with E-state index in [1.54, 1.807) is 11.3 Å². The minimum atomic E-state index is -0.855. The largest absolute Gasteiger partial charge is 0.480 e. The number of carboxylic acids is 1. The average Bonchev–Trinajstić information content (AvgIpc) is 3.04. The van der Waals surface area contributed by atoms with Crippen molar-refractivity contribution in [1.29, 1.82) is 0 Å². The number of carbonyl (C=O) groups is 1. The zero-order valence-electron chi connectivity index (χ0n) is 13.3. The molecule has 0 radical (unpaired) electrons. The van der Waals surface area contributed by atoms with E-state index in [2.05, 4.69) is 47.6 Å². The van der Waals surface area contributed by atoms with Crippen molar-refractivity contribution in [2.75, 3.05) is 6.54 Å². The Balaban J connectivity index is 1.85. The van der Waals surface area contributed by atoms with Crippen molar-refractivity contribution in [3.05, 3.63) is 65.2 Å². The van der Waals surface area contributed by atoms with Crippen LogP contribution in [0.3, 0.4) is 0 Å². The molecule has 1 heterocycles. The maximum atomic E-state index is 10.6. The van der Waals surface area contributed by atoms with Crippen LogP contribution in [0.4, 0.5) is 0 Å². The summed E-state index contributed by atoms with van der Waals surface area (Å²) >= 11 is 1.59. The summed E-state index contributed by atoms with van der Waals surface area (Å²) < 4.78 is 0. The minimum absolute atomic E-state index is 0.0459. The van der Waals surface area contributed by atoms with Crippen molar-refractivity contribution in [2.45, 2.75) is 13.5 Å². The molecular formula is C19H18N2O2S. The van der Waals surface area contributed by atoms with Crippen LogP contribution >= 0.6 is 11.3 Å². The van der Waals surface area contributed by atoms with Crippen molar-refractivity contribution in [3.63, 3.8) is 0 Å². The highest BCUT2D eigenvalue weighted by molar-refractivity contribution is 7.15. The predicted molar refractivity (Wildman–Crippen MR) is 97.1 cm³/mol. The Morgan fingerprint density at radius 2 is 1.88 bits per heavy atom. The van der Waals surface area contributed by atoms with Crippen LogP contribution in [0.25, 0.3) is 21.7 Å². The van der Waals surface area contributed by atoms with Gasteiger partial charge in [-0.2, -0.15) is 0 Å². The minimum Gasteiger partial charge on any atom is -0.480 e. The molecule has 0 fully saturated rings. The quantitative estimate of drug-likeness (QED) is 0.714. The van der Waals surface area contributed by atoms with Gasteiger partial charge in [0.2, 0.25) is 0 Å². The first-order valence-corrected chi connectivity index (χ1v) is 8.49. The molecule has 3 aromatic rings. The molecule has 0 unspecified atom stereocenters. The first-order valence-electron chi connectivity index (χ1n) is 7.68. The number of benzene rings is 2. The highest BCUT2D eigenvalue weighted by Crippen LogP contribution is 2.33.